The maximum Gasteiger partial charge on any atom is 0.328 e. The van der Waals surface area contributed by atoms with Crippen LogP contribution in [0.4, 0.5) is 4.39 Å². The molecule has 2 rings (SSSR count). The Morgan fingerprint density at radius 1 is 1.40 bits per heavy atom. The Kier molecular flexibility index (Phi) is 4.81. The van der Waals surface area contributed by atoms with Crippen molar-refractivity contribution in [3.8, 4) is 0 Å². The summed E-state index contributed by atoms with van der Waals surface area (Å²) in [7, 11) is 0. The molecule has 2 N–H and O–H groups in total. The van der Waals surface area contributed by atoms with Gasteiger partial charge in [-0.2, -0.15) is 0 Å². The molecule has 20 heavy (non-hydrogen) atoms. The highest BCUT2D eigenvalue weighted by Gasteiger charge is 2.39. The molecule has 1 aromatic carbocycles. The van der Waals surface area contributed by atoms with Crippen LogP contribution in [0.5, 0.6) is 0 Å². The molecule has 0 amide bonds. The van der Waals surface area contributed by atoms with Crippen molar-refractivity contribution in [2.75, 3.05) is 0 Å². The molecule has 0 spiro atoms. The molecule has 0 bridgehead atoms. The number of hydrogen-bond acceptors (Lipinski definition) is 2. The molecule has 0 radical (unpaired) electrons. The molecule has 0 aliphatic heterocycles. The molecule has 1 aromatic rings. The third-order valence-corrected chi connectivity index (χ3v) is 4.49. The average molecular weight is 344 g/mol. The van der Waals surface area contributed by atoms with E-state index in [0.717, 1.165) is 25.7 Å². The van der Waals surface area contributed by atoms with Gasteiger partial charge in [-0.1, -0.05) is 35.2 Å². The Hall–Kier alpha value is -0.940. The fourth-order valence-corrected chi connectivity index (χ4v) is 3.15. The molecule has 0 aromatic heterocycles. The third-order valence-electron chi connectivity index (χ3n) is 3.99. The number of carboxylic acid groups (broad SMARTS) is 1. The largest absolute Gasteiger partial charge is 0.480 e. The number of carbonyl (C=O) groups is 1. The summed E-state index contributed by atoms with van der Waals surface area (Å²) in [5.74, 6) is -1.55. The highest BCUT2D eigenvalue weighted by atomic mass is 79.9. The molecule has 1 aliphatic carbocycles. The van der Waals surface area contributed by atoms with Crippen LogP contribution >= 0.6 is 15.9 Å². The zero-order valence-electron chi connectivity index (χ0n) is 11.5. The van der Waals surface area contributed by atoms with E-state index in [2.05, 4.69) is 21.2 Å². The van der Waals surface area contributed by atoms with Gasteiger partial charge in [0, 0.05) is 16.1 Å². The van der Waals surface area contributed by atoms with Crippen LogP contribution in [0.25, 0.3) is 0 Å². The summed E-state index contributed by atoms with van der Waals surface area (Å²) in [6.45, 7) is 1.54. The van der Waals surface area contributed by atoms with Crippen molar-refractivity contribution in [3.05, 3.63) is 34.1 Å². The third kappa shape index (κ3) is 3.20. The van der Waals surface area contributed by atoms with Crippen molar-refractivity contribution in [1.82, 2.24) is 5.32 Å². The van der Waals surface area contributed by atoms with Crippen LogP contribution < -0.4 is 5.32 Å². The van der Waals surface area contributed by atoms with E-state index in [9.17, 15) is 14.3 Å². The van der Waals surface area contributed by atoms with Crippen LogP contribution in [0.1, 0.15) is 44.6 Å². The zero-order valence-corrected chi connectivity index (χ0v) is 13.0. The van der Waals surface area contributed by atoms with E-state index < -0.39 is 17.3 Å². The molecule has 110 valence electrons. The van der Waals surface area contributed by atoms with Gasteiger partial charge in [-0.05, 0) is 38.0 Å². The smallest absolute Gasteiger partial charge is 0.328 e. The van der Waals surface area contributed by atoms with E-state index in [1.165, 1.54) is 19.4 Å². The minimum atomic E-state index is -1.41. The van der Waals surface area contributed by atoms with E-state index in [1.54, 1.807) is 12.1 Å². The van der Waals surface area contributed by atoms with Gasteiger partial charge in [0.25, 0.3) is 0 Å². The predicted molar refractivity (Wildman–Crippen MR) is 79.1 cm³/mol. The van der Waals surface area contributed by atoms with Crippen molar-refractivity contribution < 1.29 is 14.3 Å². The summed E-state index contributed by atoms with van der Waals surface area (Å²) in [4.78, 5) is 11.7. The molecule has 5 heteroatoms. The normalized spacial score (nSPS) is 19.6. The fourth-order valence-electron chi connectivity index (χ4n) is 2.79. The Labute approximate surface area is 126 Å². The molecule has 1 fully saturated rings. The van der Waals surface area contributed by atoms with E-state index in [4.69, 9.17) is 0 Å². The van der Waals surface area contributed by atoms with Crippen molar-refractivity contribution in [2.24, 2.45) is 0 Å². The lowest BCUT2D eigenvalue weighted by molar-refractivity contribution is -0.145. The second kappa shape index (κ2) is 6.22. The molecule has 1 unspecified atom stereocenters. The van der Waals surface area contributed by atoms with Gasteiger partial charge in [0.2, 0.25) is 0 Å². The van der Waals surface area contributed by atoms with Crippen LogP contribution in [-0.4, -0.2) is 17.1 Å². The summed E-state index contributed by atoms with van der Waals surface area (Å²) in [5, 5.41) is 12.7. The Morgan fingerprint density at radius 2 is 2.05 bits per heavy atom. The maximum atomic E-state index is 14.1. The zero-order chi connectivity index (χ0) is 14.8. The quantitative estimate of drug-likeness (QED) is 0.873. The summed E-state index contributed by atoms with van der Waals surface area (Å²) in [5.41, 5.74) is -1.24. The maximum absolute atomic E-state index is 14.1. The van der Waals surface area contributed by atoms with Gasteiger partial charge in [-0.25, -0.2) is 9.18 Å². The number of benzene rings is 1. The minimum absolute atomic E-state index is 0.128. The monoisotopic (exact) mass is 343 g/mol. The molecule has 1 saturated carbocycles. The second-order valence-corrected chi connectivity index (χ2v) is 6.45. The first kappa shape index (κ1) is 15.4. The fraction of sp³-hybridized carbons (Fsp3) is 0.533. The predicted octanol–water partition coefficient (Wildman–Crippen LogP) is 3.81. The van der Waals surface area contributed by atoms with Crippen LogP contribution in [0, 0.1) is 5.82 Å². The van der Waals surface area contributed by atoms with Gasteiger partial charge in [-0.15, -0.1) is 0 Å². The van der Waals surface area contributed by atoms with Crippen LogP contribution in [0.2, 0.25) is 0 Å². The van der Waals surface area contributed by atoms with E-state index >= 15 is 0 Å². The summed E-state index contributed by atoms with van der Waals surface area (Å²) in [6, 6.07) is 4.53. The van der Waals surface area contributed by atoms with Crippen LogP contribution in [-0.2, 0) is 10.3 Å². The van der Waals surface area contributed by atoms with Gasteiger partial charge < -0.3 is 5.11 Å². The number of carboxylic acids is 1. The Balaban J connectivity index is 2.32. The van der Waals surface area contributed by atoms with E-state index in [1.807, 2.05) is 0 Å². The van der Waals surface area contributed by atoms with Gasteiger partial charge >= 0.3 is 5.97 Å². The summed E-state index contributed by atoms with van der Waals surface area (Å²) in [6.07, 6.45) is 5.26. The highest BCUT2D eigenvalue weighted by molar-refractivity contribution is 9.10. The number of halogens is 2. The van der Waals surface area contributed by atoms with E-state index in [-0.39, 0.29) is 11.6 Å². The van der Waals surface area contributed by atoms with Crippen LogP contribution in [0.3, 0.4) is 0 Å². The number of aliphatic carboxylic acids is 1. The van der Waals surface area contributed by atoms with Crippen molar-refractivity contribution in [3.63, 3.8) is 0 Å². The lowest BCUT2D eigenvalue weighted by Gasteiger charge is -2.34. The van der Waals surface area contributed by atoms with Crippen LogP contribution in [0.15, 0.2) is 22.7 Å². The number of rotatable bonds is 4. The molecule has 3 nitrogen and oxygen atoms in total. The molecule has 1 atom stereocenters. The highest BCUT2D eigenvalue weighted by Crippen LogP contribution is 2.30. The van der Waals surface area contributed by atoms with Crippen molar-refractivity contribution in [1.29, 1.82) is 0 Å². The number of nitrogens with one attached hydrogen (secondary N) is 1. The summed E-state index contributed by atoms with van der Waals surface area (Å²) >= 11 is 3.28. The van der Waals surface area contributed by atoms with Gasteiger partial charge in [0.05, 0.1) is 0 Å². The molecule has 0 saturated heterocycles. The van der Waals surface area contributed by atoms with Gasteiger partial charge in [-0.3, -0.25) is 5.32 Å². The Morgan fingerprint density at radius 3 is 2.65 bits per heavy atom. The standard InChI is InChI=1S/C15H19BrFNO2/c1-15(14(19)20,18-11-5-3-2-4-6-11)12-9-10(16)7-8-13(12)17/h7-9,11,18H,2-6H2,1H3,(H,19,20). The molecule has 1 aliphatic rings. The molecule has 0 heterocycles. The Bertz CT molecular complexity index is 503. The SMILES string of the molecule is CC(NC1CCCCC1)(C(=O)O)c1cc(Br)ccc1F. The number of hydrogen-bond donors (Lipinski definition) is 2. The van der Waals surface area contributed by atoms with Gasteiger partial charge in [0.15, 0.2) is 0 Å². The van der Waals surface area contributed by atoms with Crippen molar-refractivity contribution >= 4 is 21.9 Å². The molecular formula is C15H19BrFNO2. The first-order chi connectivity index (χ1) is 9.43. The topological polar surface area (TPSA) is 49.3 Å². The van der Waals surface area contributed by atoms with Gasteiger partial charge in [0.1, 0.15) is 11.4 Å². The molecular weight excluding hydrogens is 325 g/mol. The lowest BCUT2D eigenvalue weighted by atomic mass is 9.87. The minimum Gasteiger partial charge on any atom is -0.480 e. The second-order valence-electron chi connectivity index (χ2n) is 5.53. The lowest BCUT2D eigenvalue weighted by Crippen LogP contribution is -2.52. The van der Waals surface area contributed by atoms with E-state index in [0.29, 0.717) is 4.47 Å². The summed E-state index contributed by atoms with van der Waals surface area (Å²) < 4.78 is 14.7. The first-order valence-corrected chi connectivity index (χ1v) is 7.69. The first-order valence-electron chi connectivity index (χ1n) is 6.90. The average Bonchev–Trinajstić information content (AvgIpc) is 2.42. The van der Waals surface area contributed by atoms with Crippen molar-refractivity contribution in [2.45, 2.75) is 50.6 Å².